The third-order valence-corrected chi connectivity index (χ3v) is 8.89. The summed E-state index contributed by atoms with van der Waals surface area (Å²) in [6.07, 6.45) is 16.2. The topological polar surface area (TPSA) is 0 Å². The van der Waals surface area contributed by atoms with Gasteiger partial charge in [-0.25, -0.2) is 23.3 Å². The summed E-state index contributed by atoms with van der Waals surface area (Å²) < 4.78 is 0. The van der Waals surface area contributed by atoms with Crippen molar-refractivity contribution in [3.63, 3.8) is 0 Å². The van der Waals surface area contributed by atoms with Gasteiger partial charge in [0.1, 0.15) is 0 Å². The number of hydrogen-bond donors (Lipinski definition) is 0. The molecule has 2 rings (SSSR count). The fraction of sp³-hybridized carbons (Fsp3) is 0.636. The maximum atomic E-state index is 3.42. The molecule has 0 unspecified atom stereocenters. The molecular weight excluding hydrogens is 396 g/mol. The predicted molar refractivity (Wildman–Crippen MR) is 124 cm³/mol. The Kier molecular flexibility index (Phi) is 12.2. The molecule has 0 bridgehead atoms. The van der Waals surface area contributed by atoms with Crippen LogP contribution in [0, 0.1) is 12.2 Å². The van der Waals surface area contributed by atoms with Crippen LogP contribution in [0.4, 0.5) is 0 Å². The SMILES string of the molecule is CCC1=[C-]CC([Si](C)(C)C)=C1.CCC1=[C-]CC([Si](C)(C)C)=C1.C[Si](C)=[Ti+2]. The molecule has 0 N–H and O–H groups in total. The van der Waals surface area contributed by atoms with E-state index in [2.05, 4.69) is 110 Å². The zero-order chi connectivity index (χ0) is 20.5. The Bertz CT molecular complexity index is 542. The van der Waals surface area contributed by atoms with Crippen molar-refractivity contribution >= 4 is 22.3 Å². The minimum absolute atomic E-state index is 0.120. The van der Waals surface area contributed by atoms with Gasteiger partial charge >= 0.3 is 38.5 Å². The average molecular weight is 437 g/mol. The van der Waals surface area contributed by atoms with Gasteiger partial charge in [0.05, 0.1) is 16.1 Å². The zero-order valence-corrected chi connectivity index (χ0v) is 23.5. The fourth-order valence-electron chi connectivity index (χ4n) is 2.46. The first-order valence-corrected chi connectivity index (χ1v) is 21.8. The van der Waals surface area contributed by atoms with E-state index in [1.807, 2.05) is 0 Å². The molecule has 0 radical (unpaired) electrons. The van der Waals surface area contributed by atoms with E-state index in [0.717, 1.165) is 25.7 Å². The van der Waals surface area contributed by atoms with Crippen LogP contribution in [0.15, 0.2) is 33.7 Å². The van der Waals surface area contributed by atoms with Crippen molar-refractivity contribution in [1.29, 1.82) is 0 Å². The van der Waals surface area contributed by atoms with Gasteiger partial charge in [-0.1, -0.05) is 66.0 Å². The molecular formula is C22H40Si3Ti. The standard InChI is InChI=1S/2C10H17Si.C2H6Si.Ti/c2*1-5-9-6-7-10(8-9)11(2,3)4;1-3-2;/h2*8H,5,7H2,1-4H3;1-2H3;/q2*-1;;+2. The molecule has 0 heterocycles. The van der Waals surface area contributed by atoms with Crippen LogP contribution in [-0.2, 0) is 19.2 Å². The first kappa shape index (κ1) is 26.3. The van der Waals surface area contributed by atoms with Crippen molar-refractivity contribution < 1.29 is 19.2 Å². The summed E-state index contributed by atoms with van der Waals surface area (Å²) >= 11 is 2.27. The summed E-state index contributed by atoms with van der Waals surface area (Å²) in [7, 11) is -2.01. The molecule has 0 atom stereocenters. The summed E-state index contributed by atoms with van der Waals surface area (Å²) in [6.45, 7) is 23.3. The third kappa shape index (κ3) is 11.2. The Morgan fingerprint density at radius 1 is 0.808 bits per heavy atom. The van der Waals surface area contributed by atoms with Crippen molar-refractivity contribution in [3.05, 3.63) is 45.8 Å². The first-order chi connectivity index (χ1) is 11.8. The second kappa shape index (κ2) is 12.0. The van der Waals surface area contributed by atoms with Gasteiger partial charge in [-0.3, -0.25) is 12.2 Å². The first-order valence-electron chi connectivity index (χ1n) is 9.94. The van der Waals surface area contributed by atoms with E-state index in [1.165, 1.54) is 11.1 Å². The van der Waals surface area contributed by atoms with Crippen LogP contribution < -0.4 is 0 Å². The van der Waals surface area contributed by atoms with Crippen molar-refractivity contribution in [3.8, 4) is 0 Å². The molecule has 4 heteroatoms. The summed E-state index contributed by atoms with van der Waals surface area (Å²) in [5.41, 5.74) is 2.84. The molecule has 0 fully saturated rings. The second-order valence-corrected chi connectivity index (χ2v) is 26.3. The second-order valence-electron chi connectivity index (χ2n) is 9.30. The predicted octanol–water partition coefficient (Wildman–Crippen LogP) is 7.45. The fourth-order valence-corrected chi connectivity index (χ4v) is 4.91. The number of rotatable bonds is 4. The minimum atomic E-state index is -1.00. The van der Waals surface area contributed by atoms with Crippen molar-refractivity contribution in [1.82, 2.24) is 0 Å². The molecule has 0 nitrogen and oxygen atoms in total. The molecule has 0 aromatic rings. The van der Waals surface area contributed by atoms with E-state index < -0.39 is 16.1 Å². The van der Waals surface area contributed by atoms with Crippen LogP contribution in [0.3, 0.4) is 0 Å². The third-order valence-electron chi connectivity index (χ3n) is 4.40. The van der Waals surface area contributed by atoms with Gasteiger partial charge in [-0.15, -0.1) is 12.8 Å². The Morgan fingerprint density at radius 3 is 1.19 bits per heavy atom. The van der Waals surface area contributed by atoms with Gasteiger partial charge in [0.2, 0.25) is 0 Å². The van der Waals surface area contributed by atoms with Crippen molar-refractivity contribution in [2.45, 2.75) is 91.9 Å². The Morgan fingerprint density at radius 2 is 1.08 bits per heavy atom. The Hall–Kier alpha value is 0.325. The van der Waals surface area contributed by atoms with E-state index in [9.17, 15) is 0 Å². The van der Waals surface area contributed by atoms with Gasteiger partial charge in [0.15, 0.2) is 0 Å². The number of allylic oxidation sites excluding steroid dienone is 8. The van der Waals surface area contributed by atoms with E-state index in [0.29, 0.717) is 0 Å². The normalized spacial score (nSPS) is 16.5. The number of hydrogen-bond acceptors (Lipinski definition) is 0. The summed E-state index contributed by atoms with van der Waals surface area (Å²) in [5.74, 6) is 0. The summed E-state index contributed by atoms with van der Waals surface area (Å²) in [5, 5.41) is 3.32. The Balaban J connectivity index is 0.000000401. The van der Waals surface area contributed by atoms with Gasteiger partial charge in [0, 0.05) is 0 Å². The van der Waals surface area contributed by atoms with Crippen LogP contribution in [0.5, 0.6) is 0 Å². The van der Waals surface area contributed by atoms with Crippen molar-refractivity contribution in [2.75, 3.05) is 0 Å². The molecule has 144 valence electrons. The monoisotopic (exact) mass is 436 g/mol. The summed E-state index contributed by atoms with van der Waals surface area (Å²) in [4.78, 5) is 0. The molecule has 2 aliphatic rings. The molecule has 0 aromatic carbocycles. The van der Waals surface area contributed by atoms with Gasteiger partial charge in [-0.05, 0) is 0 Å². The summed E-state index contributed by atoms with van der Waals surface area (Å²) in [6, 6.07) is 0. The van der Waals surface area contributed by atoms with Crippen LogP contribution in [0.25, 0.3) is 0 Å². The van der Waals surface area contributed by atoms with Gasteiger partial charge < -0.3 is 0 Å². The molecule has 0 aromatic heterocycles. The van der Waals surface area contributed by atoms with E-state index in [1.54, 1.807) is 10.4 Å². The maximum absolute atomic E-state index is 3.42. The molecule has 0 saturated heterocycles. The van der Waals surface area contributed by atoms with E-state index in [-0.39, 0.29) is 6.19 Å². The van der Waals surface area contributed by atoms with Crippen LogP contribution in [-0.4, -0.2) is 22.3 Å². The van der Waals surface area contributed by atoms with Crippen LogP contribution in [0.1, 0.15) is 39.5 Å². The quantitative estimate of drug-likeness (QED) is 0.317. The van der Waals surface area contributed by atoms with E-state index in [4.69, 9.17) is 0 Å². The molecule has 2 aliphatic carbocycles. The van der Waals surface area contributed by atoms with Gasteiger partial charge in [0.25, 0.3) is 0 Å². The molecule has 0 aliphatic heterocycles. The molecule has 26 heavy (non-hydrogen) atoms. The Labute approximate surface area is 178 Å². The zero-order valence-electron chi connectivity index (χ0n) is 19.0. The average Bonchev–Trinajstić information content (AvgIpc) is 3.15. The van der Waals surface area contributed by atoms with E-state index >= 15 is 0 Å². The molecule has 0 saturated carbocycles. The van der Waals surface area contributed by atoms with Crippen LogP contribution >= 0.6 is 0 Å². The van der Waals surface area contributed by atoms with Crippen LogP contribution in [0.2, 0.25) is 52.4 Å². The molecule has 0 amide bonds. The van der Waals surface area contributed by atoms with Gasteiger partial charge in [-0.2, -0.15) is 10.4 Å². The molecule has 0 spiro atoms. The van der Waals surface area contributed by atoms with Crippen molar-refractivity contribution in [2.24, 2.45) is 0 Å².